The van der Waals surface area contributed by atoms with Crippen molar-refractivity contribution < 1.29 is 23.3 Å². The molecule has 0 saturated carbocycles. The highest BCUT2D eigenvalue weighted by Crippen LogP contribution is 2.25. The number of hydrogen-bond acceptors (Lipinski definition) is 10. The summed E-state index contributed by atoms with van der Waals surface area (Å²) in [7, 11) is 1.52. The maximum absolute atomic E-state index is 13.3. The van der Waals surface area contributed by atoms with Gasteiger partial charge in [0.2, 0.25) is 11.6 Å². The first-order valence-electron chi connectivity index (χ1n) is 11.5. The summed E-state index contributed by atoms with van der Waals surface area (Å²) in [6.45, 7) is 0.222. The molecule has 196 valence electrons. The summed E-state index contributed by atoms with van der Waals surface area (Å²) in [5.74, 6) is -0.00275. The second-order valence-corrected chi connectivity index (χ2v) is 8.09. The van der Waals surface area contributed by atoms with Gasteiger partial charge in [-0.05, 0) is 40.1 Å². The standard InChI is InChI=1S/C26H21FN8O4/c1-37-20-11-17(12-21(13-20)38-15-16-7-9-19(27)10-8-16)14-29-31-26(36)23-22(18-5-3-2-4-6-18)30-34-35(23)25-24(28)32-39-33-25/h2-14H,15H2,1H3,(H2,28,32)(H,31,36)/b29-14+. The highest BCUT2D eigenvalue weighted by atomic mass is 19.1. The zero-order valence-corrected chi connectivity index (χ0v) is 20.5. The lowest BCUT2D eigenvalue weighted by atomic mass is 10.1. The van der Waals surface area contributed by atoms with Crippen molar-refractivity contribution in [1.29, 1.82) is 0 Å². The van der Waals surface area contributed by atoms with E-state index in [4.69, 9.17) is 15.2 Å². The number of methoxy groups -OCH3 is 1. The van der Waals surface area contributed by atoms with Crippen molar-refractivity contribution in [2.45, 2.75) is 6.61 Å². The Bertz CT molecular complexity index is 1620. The van der Waals surface area contributed by atoms with E-state index in [-0.39, 0.29) is 35.4 Å². The predicted molar refractivity (Wildman–Crippen MR) is 138 cm³/mol. The molecule has 0 bridgehead atoms. The molecule has 2 heterocycles. The summed E-state index contributed by atoms with van der Waals surface area (Å²) < 4.78 is 30.1. The minimum Gasteiger partial charge on any atom is -0.497 e. The molecule has 3 N–H and O–H groups in total. The van der Waals surface area contributed by atoms with E-state index in [1.54, 1.807) is 54.6 Å². The number of halogens is 1. The fourth-order valence-corrected chi connectivity index (χ4v) is 3.60. The summed E-state index contributed by atoms with van der Waals surface area (Å²) in [6, 6.07) is 20.1. The first-order chi connectivity index (χ1) is 19.0. The van der Waals surface area contributed by atoms with E-state index < -0.39 is 5.91 Å². The number of benzene rings is 3. The van der Waals surface area contributed by atoms with E-state index in [9.17, 15) is 9.18 Å². The molecule has 3 aromatic carbocycles. The molecule has 12 nitrogen and oxygen atoms in total. The fraction of sp³-hybridized carbons (Fsp3) is 0.0769. The molecule has 0 aliphatic heterocycles. The smallest absolute Gasteiger partial charge is 0.292 e. The predicted octanol–water partition coefficient (Wildman–Crippen LogP) is 3.39. The molecular formula is C26H21FN8O4. The lowest BCUT2D eigenvalue weighted by molar-refractivity contribution is 0.0947. The molecule has 39 heavy (non-hydrogen) atoms. The molecular weight excluding hydrogens is 507 g/mol. The monoisotopic (exact) mass is 528 g/mol. The Morgan fingerprint density at radius 1 is 1.10 bits per heavy atom. The normalized spacial score (nSPS) is 11.0. The largest absolute Gasteiger partial charge is 0.497 e. The van der Waals surface area contributed by atoms with Crippen molar-refractivity contribution >= 4 is 17.9 Å². The Morgan fingerprint density at radius 2 is 1.87 bits per heavy atom. The molecule has 0 saturated heterocycles. The zero-order valence-electron chi connectivity index (χ0n) is 20.5. The van der Waals surface area contributed by atoms with Crippen molar-refractivity contribution in [3.05, 3.63) is 95.4 Å². The van der Waals surface area contributed by atoms with Crippen LogP contribution in [0.25, 0.3) is 17.1 Å². The maximum Gasteiger partial charge on any atom is 0.292 e. The Morgan fingerprint density at radius 3 is 2.59 bits per heavy atom. The van der Waals surface area contributed by atoms with Crippen LogP contribution < -0.4 is 20.6 Å². The highest BCUT2D eigenvalue weighted by molar-refractivity contribution is 5.99. The van der Waals surface area contributed by atoms with E-state index in [0.717, 1.165) is 10.2 Å². The molecule has 13 heteroatoms. The van der Waals surface area contributed by atoms with Crippen molar-refractivity contribution in [3.63, 3.8) is 0 Å². The molecule has 0 fully saturated rings. The van der Waals surface area contributed by atoms with Gasteiger partial charge in [0, 0.05) is 17.2 Å². The maximum atomic E-state index is 13.3. The number of aromatic nitrogens is 5. The number of anilines is 1. The summed E-state index contributed by atoms with van der Waals surface area (Å²) in [5.41, 5.74) is 10.6. The van der Waals surface area contributed by atoms with Gasteiger partial charge in [0.25, 0.3) is 5.91 Å². The molecule has 1 amide bonds. The molecule has 0 spiro atoms. The number of amides is 1. The fourth-order valence-electron chi connectivity index (χ4n) is 3.60. The number of hydrazone groups is 1. The lowest BCUT2D eigenvalue weighted by Crippen LogP contribution is -2.22. The van der Waals surface area contributed by atoms with Crippen LogP contribution in [0.2, 0.25) is 0 Å². The first-order valence-corrected chi connectivity index (χ1v) is 11.5. The number of carbonyl (C=O) groups excluding carboxylic acids is 1. The minimum absolute atomic E-state index is 0.00884. The summed E-state index contributed by atoms with van der Waals surface area (Å²) in [5, 5.41) is 19.5. The van der Waals surface area contributed by atoms with Gasteiger partial charge in [-0.1, -0.05) is 47.7 Å². The van der Waals surface area contributed by atoms with Gasteiger partial charge in [-0.3, -0.25) is 4.79 Å². The Balaban J connectivity index is 1.37. The quantitative estimate of drug-likeness (QED) is 0.216. The average molecular weight is 529 g/mol. The lowest BCUT2D eigenvalue weighted by Gasteiger charge is -2.09. The molecule has 5 aromatic rings. The van der Waals surface area contributed by atoms with Gasteiger partial charge < -0.3 is 15.2 Å². The molecule has 0 atom stereocenters. The van der Waals surface area contributed by atoms with Crippen LogP contribution in [-0.4, -0.2) is 44.5 Å². The third-order valence-corrected chi connectivity index (χ3v) is 5.47. The number of nitrogen functional groups attached to an aromatic ring is 1. The topological polar surface area (TPSA) is 156 Å². The second-order valence-electron chi connectivity index (χ2n) is 8.09. The van der Waals surface area contributed by atoms with Gasteiger partial charge >= 0.3 is 0 Å². The van der Waals surface area contributed by atoms with Gasteiger partial charge in [0.1, 0.15) is 29.6 Å². The molecule has 0 radical (unpaired) electrons. The number of hydrogen-bond donors (Lipinski definition) is 2. The Labute approximate surface area is 220 Å². The van der Waals surface area contributed by atoms with E-state index >= 15 is 0 Å². The number of nitrogens with zero attached hydrogens (tertiary/aromatic N) is 6. The van der Waals surface area contributed by atoms with Crippen LogP contribution in [0.4, 0.5) is 10.2 Å². The molecule has 0 aliphatic carbocycles. The molecule has 0 aliphatic rings. The molecule has 0 unspecified atom stereocenters. The van der Waals surface area contributed by atoms with Crippen molar-refractivity contribution in [1.82, 2.24) is 30.7 Å². The SMILES string of the molecule is COc1cc(/C=N/NC(=O)c2c(-c3ccccc3)nnn2-c2nonc2N)cc(OCc2ccc(F)cc2)c1. The van der Waals surface area contributed by atoms with Crippen LogP contribution >= 0.6 is 0 Å². The minimum atomic E-state index is -0.631. The average Bonchev–Trinajstić information content (AvgIpc) is 3.59. The van der Waals surface area contributed by atoms with Gasteiger partial charge in [0.15, 0.2) is 5.69 Å². The first kappa shape index (κ1) is 25.1. The molecule has 5 rings (SSSR count). The van der Waals surface area contributed by atoms with Gasteiger partial charge in [-0.25, -0.2) is 14.4 Å². The van der Waals surface area contributed by atoms with E-state index in [2.05, 4.69) is 35.8 Å². The second kappa shape index (κ2) is 11.2. The van der Waals surface area contributed by atoms with E-state index in [1.165, 1.54) is 25.5 Å². The third-order valence-electron chi connectivity index (χ3n) is 5.47. The number of nitrogens with one attached hydrogen (secondary N) is 1. The number of ether oxygens (including phenoxy) is 2. The molecule has 2 aromatic heterocycles. The Hall–Kier alpha value is -5.59. The number of nitrogens with two attached hydrogens (primary N) is 1. The van der Waals surface area contributed by atoms with Crippen LogP contribution in [0.3, 0.4) is 0 Å². The third kappa shape index (κ3) is 5.72. The Kier molecular flexibility index (Phi) is 7.21. The van der Waals surface area contributed by atoms with Crippen LogP contribution in [0, 0.1) is 5.82 Å². The summed E-state index contributed by atoms with van der Waals surface area (Å²) in [4.78, 5) is 13.3. The van der Waals surface area contributed by atoms with E-state index in [0.29, 0.717) is 22.6 Å². The van der Waals surface area contributed by atoms with Crippen LogP contribution in [0.5, 0.6) is 11.5 Å². The summed E-state index contributed by atoms with van der Waals surface area (Å²) >= 11 is 0. The van der Waals surface area contributed by atoms with Gasteiger partial charge in [-0.2, -0.15) is 9.78 Å². The summed E-state index contributed by atoms with van der Waals surface area (Å²) in [6.07, 6.45) is 1.42. The number of carbonyl (C=O) groups is 1. The van der Waals surface area contributed by atoms with Crippen LogP contribution in [0.15, 0.2) is 82.5 Å². The van der Waals surface area contributed by atoms with Gasteiger partial charge in [-0.15, -0.1) is 5.10 Å². The number of rotatable bonds is 9. The van der Waals surface area contributed by atoms with Gasteiger partial charge in [0.05, 0.1) is 13.3 Å². The highest BCUT2D eigenvalue weighted by Gasteiger charge is 2.25. The van der Waals surface area contributed by atoms with Crippen LogP contribution in [-0.2, 0) is 6.61 Å². The zero-order chi connectivity index (χ0) is 27.2. The van der Waals surface area contributed by atoms with E-state index in [1.807, 2.05) is 6.07 Å². The van der Waals surface area contributed by atoms with Crippen LogP contribution in [0.1, 0.15) is 21.6 Å². The van der Waals surface area contributed by atoms with Crippen molar-refractivity contribution in [2.75, 3.05) is 12.8 Å². The van der Waals surface area contributed by atoms with Crippen molar-refractivity contribution in [3.8, 4) is 28.6 Å². The van der Waals surface area contributed by atoms with Crippen molar-refractivity contribution in [2.24, 2.45) is 5.10 Å².